The van der Waals surface area contributed by atoms with Gasteiger partial charge in [-0.25, -0.2) is 0 Å². The minimum absolute atomic E-state index is 0.0856. The summed E-state index contributed by atoms with van der Waals surface area (Å²) in [6.45, 7) is 0. The first-order chi connectivity index (χ1) is 15.3. The molecule has 4 rings (SSSR count). The Morgan fingerprint density at radius 1 is 0.781 bits per heavy atom. The molecule has 1 saturated heterocycles. The zero-order valence-electron chi connectivity index (χ0n) is 16.5. The van der Waals surface area contributed by atoms with Crippen LogP contribution in [0.2, 0.25) is 10.0 Å². The van der Waals surface area contributed by atoms with Gasteiger partial charge in [-0.1, -0.05) is 35.3 Å². The van der Waals surface area contributed by atoms with Crippen LogP contribution in [0.25, 0.3) is 0 Å². The van der Waals surface area contributed by atoms with Crippen LogP contribution in [0.15, 0.2) is 60.7 Å². The van der Waals surface area contributed by atoms with E-state index in [1.54, 1.807) is 24.3 Å². The minimum atomic E-state index is -0.490. The van der Waals surface area contributed by atoms with Crippen LogP contribution in [0.3, 0.4) is 0 Å². The third-order valence-electron chi connectivity index (χ3n) is 5.61. The van der Waals surface area contributed by atoms with Gasteiger partial charge in [-0.15, -0.1) is 0 Å². The number of hydrogen-bond acceptors (Lipinski definition) is 5. The molecule has 3 aromatic carbocycles. The highest BCUT2D eigenvalue weighted by Crippen LogP contribution is 2.48. The molecule has 3 aromatic rings. The number of rotatable bonds is 5. The smallest absolute Gasteiger partial charge is 0.288 e. The summed E-state index contributed by atoms with van der Waals surface area (Å²) in [5, 5.41) is 23.0. The van der Waals surface area contributed by atoms with Gasteiger partial charge in [0.25, 0.3) is 11.4 Å². The third kappa shape index (κ3) is 4.39. The number of halogens is 3. The third-order valence-corrected chi connectivity index (χ3v) is 6.97. The quantitative estimate of drug-likeness (QED) is 0.176. The van der Waals surface area contributed by atoms with Gasteiger partial charge in [0, 0.05) is 21.4 Å². The van der Waals surface area contributed by atoms with E-state index in [2.05, 4.69) is 27.5 Å². The summed E-state index contributed by atoms with van der Waals surface area (Å²) < 4.78 is 1.07. The average molecular weight is 584 g/mol. The van der Waals surface area contributed by atoms with Crippen molar-refractivity contribution in [3.05, 3.63) is 106 Å². The lowest BCUT2D eigenvalue weighted by Gasteiger charge is -2.33. The van der Waals surface area contributed by atoms with E-state index < -0.39 is 9.85 Å². The Balaban J connectivity index is 1.82. The van der Waals surface area contributed by atoms with Crippen molar-refractivity contribution in [1.82, 2.24) is 0 Å². The van der Waals surface area contributed by atoms with Crippen LogP contribution in [-0.4, -0.2) is 9.85 Å². The van der Waals surface area contributed by atoms with Gasteiger partial charge in [0.1, 0.15) is 10.0 Å². The van der Waals surface area contributed by atoms with E-state index in [-0.39, 0.29) is 33.5 Å². The largest absolute Gasteiger partial charge is 0.357 e. The molecule has 0 amide bonds. The molecule has 0 aliphatic carbocycles. The number of nitro groups is 2. The minimum Gasteiger partial charge on any atom is -0.357 e. The molecule has 0 aromatic heterocycles. The zero-order valence-corrected chi connectivity index (χ0v) is 20.1. The van der Waals surface area contributed by atoms with Gasteiger partial charge in [-0.3, -0.25) is 20.2 Å². The van der Waals surface area contributed by atoms with Crippen molar-refractivity contribution < 1.29 is 9.85 Å². The van der Waals surface area contributed by atoms with E-state index in [0.717, 1.165) is 20.4 Å². The standard InChI is InChI=1S/C22H16Cl2IN3O4/c23-17-7-1-13(11-21(17)27(29)30)19-9-10-20(26(19)16-5-3-15(25)4-6-16)14-2-8-18(24)22(12-14)28(31)32/h1-8,11-12,19-20H,9-10H2/t19-,20?/m1/s1. The molecule has 1 heterocycles. The van der Waals surface area contributed by atoms with Crippen molar-refractivity contribution in [2.45, 2.75) is 24.9 Å². The van der Waals surface area contributed by atoms with Crippen molar-refractivity contribution in [3.63, 3.8) is 0 Å². The highest BCUT2D eigenvalue weighted by molar-refractivity contribution is 14.1. The Hall–Kier alpha value is -2.43. The Kier molecular flexibility index (Phi) is 6.55. The number of benzene rings is 3. The number of nitrogens with zero attached hydrogens (tertiary/aromatic N) is 3. The van der Waals surface area contributed by atoms with Crippen molar-refractivity contribution >= 4 is 62.9 Å². The molecule has 7 nitrogen and oxygen atoms in total. The van der Waals surface area contributed by atoms with Crippen LogP contribution in [0.1, 0.15) is 36.1 Å². The lowest BCUT2D eigenvalue weighted by Crippen LogP contribution is -2.26. The molecule has 2 atom stereocenters. The fourth-order valence-corrected chi connectivity index (χ4v) is 4.93. The molecule has 0 spiro atoms. The molecule has 0 saturated carbocycles. The summed E-state index contributed by atoms with van der Waals surface area (Å²) in [5.74, 6) is 0. The topological polar surface area (TPSA) is 89.5 Å². The van der Waals surface area contributed by atoms with Crippen LogP contribution >= 0.6 is 45.8 Å². The molecule has 10 heteroatoms. The van der Waals surface area contributed by atoms with Crippen molar-refractivity contribution in [1.29, 1.82) is 0 Å². The molecule has 1 aliphatic rings. The van der Waals surface area contributed by atoms with E-state index in [1.165, 1.54) is 12.1 Å². The molecule has 1 unspecified atom stereocenters. The highest BCUT2D eigenvalue weighted by atomic mass is 127. The maximum Gasteiger partial charge on any atom is 0.288 e. The Bertz CT molecular complexity index is 1130. The second-order valence-electron chi connectivity index (χ2n) is 7.43. The van der Waals surface area contributed by atoms with E-state index >= 15 is 0 Å². The fraction of sp³-hybridized carbons (Fsp3) is 0.182. The highest BCUT2D eigenvalue weighted by Gasteiger charge is 2.37. The summed E-state index contributed by atoms with van der Waals surface area (Å²) in [6, 6.07) is 17.3. The molecular weight excluding hydrogens is 568 g/mol. The Morgan fingerprint density at radius 2 is 1.22 bits per heavy atom. The fourth-order valence-electron chi connectivity index (χ4n) is 4.19. The van der Waals surface area contributed by atoms with Crippen LogP contribution in [0.4, 0.5) is 17.1 Å². The maximum atomic E-state index is 11.4. The van der Waals surface area contributed by atoms with Crippen molar-refractivity contribution in [3.8, 4) is 0 Å². The molecule has 32 heavy (non-hydrogen) atoms. The van der Waals surface area contributed by atoms with Gasteiger partial charge in [0.15, 0.2) is 0 Å². The molecule has 0 N–H and O–H groups in total. The summed E-state index contributed by atoms with van der Waals surface area (Å²) in [5.41, 5.74) is 2.18. The lowest BCUT2D eigenvalue weighted by atomic mass is 10.0. The SMILES string of the molecule is O=[N+]([O-])c1cc(C2CC[C@H](c3ccc(Cl)c([N+](=O)[O-])c3)N2c2ccc(I)cc2)ccc1Cl. The average Bonchev–Trinajstić information content (AvgIpc) is 3.19. The molecule has 0 bridgehead atoms. The van der Waals surface area contributed by atoms with Gasteiger partial charge in [0.2, 0.25) is 0 Å². The predicted octanol–water partition coefficient (Wildman–Crippen LogP) is 7.50. The first-order valence-electron chi connectivity index (χ1n) is 9.68. The van der Waals surface area contributed by atoms with Crippen LogP contribution < -0.4 is 4.90 Å². The van der Waals surface area contributed by atoms with E-state index in [4.69, 9.17) is 23.2 Å². The van der Waals surface area contributed by atoms with E-state index in [0.29, 0.717) is 12.8 Å². The molecule has 164 valence electrons. The van der Waals surface area contributed by atoms with Crippen molar-refractivity contribution in [2.75, 3.05) is 4.90 Å². The lowest BCUT2D eigenvalue weighted by molar-refractivity contribution is -0.384. The molecule has 0 radical (unpaired) electrons. The first-order valence-corrected chi connectivity index (χ1v) is 11.5. The van der Waals surface area contributed by atoms with Crippen LogP contribution in [0, 0.1) is 23.8 Å². The monoisotopic (exact) mass is 583 g/mol. The van der Waals surface area contributed by atoms with Gasteiger partial charge in [-0.2, -0.15) is 0 Å². The van der Waals surface area contributed by atoms with Gasteiger partial charge < -0.3 is 4.90 Å². The van der Waals surface area contributed by atoms with Crippen LogP contribution in [0.5, 0.6) is 0 Å². The molecule has 1 aliphatic heterocycles. The second kappa shape index (κ2) is 9.21. The number of nitro benzene ring substituents is 2. The second-order valence-corrected chi connectivity index (χ2v) is 9.49. The van der Waals surface area contributed by atoms with Gasteiger partial charge in [-0.05, 0) is 83.0 Å². The zero-order chi connectivity index (χ0) is 23.0. The summed E-state index contributed by atoms with van der Waals surface area (Å²) in [7, 11) is 0. The normalized spacial score (nSPS) is 18.0. The van der Waals surface area contributed by atoms with E-state index in [1.807, 2.05) is 24.3 Å². The Labute approximate surface area is 207 Å². The summed E-state index contributed by atoms with van der Waals surface area (Å²) in [6.07, 6.45) is 1.43. The van der Waals surface area contributed by atoms with Crippen LogP contribution in [-0.2, 0) is 0 Å². The maximum absolute atomic E-state index is 11.4. The molecule has 1 fully saturated rings. The number of hydrogen-bond donors (Lipinski definition) is 0. The van der Waals surface area contributed by atoms with Crippen molar-refractivity contribution in [2.24, 2.45) is 0 Å². The summed E-state index contributed by atoms with van der Waals surface area (Å²) >= 11 is 14.3. The number of anilines is 1. The van der Waals surface area contributed by atoms with Gasteiger partial charge >= 0.3 is 0 Å². The molecular formula is C22H16Cl2IN3O4. The Morgan fingerprint density at radius 3 is 1.62 bits per heavy atom. The predicted molar refractivity (Wildman–Crippen MR) is 133 cm³/mol. The van der Waals surface area contributed by atoms with E-state index in [9.17, 15) is 20.2 Å². The first kappa shape index (κ1) is 22.8. The summed E-state index contributed by atoms with van der Waals surface area (Å²) in [4.78, 5) is 24.0. The van der Waals surface area contributed by atoms with Gasteiger partial charge in [0.05, 0.1) is 21.9 Å².